The quantitative estimate of drug-likeness (QED) is 0.156. The van der Waals surface area contributed by atoms with Crippen LogP contribution in [0.2, 0.25) is 10.0 Å². The predicted octanol–water partition coefficient (Wildman–Crippen LogP) is 17.4. The van der Waals surface area contributed by atoms with Gasteiger partial charge in [0.2, 0.25) is 0 Å². The highest BCUT2D eigenvalue weighted by molar-refractivity contribution is 7.00. The maximum absolute atomic E-state index is 10.4. The second-order valence-corrected chi connectivity index (χ2v) is 24.0. The molecule has 0 aromatic heterocycles. The van der Waals surface area contributed by atoms with E-state index in [0.29, 0.717) is 21.2 Å². The van der Waals surface area contributed by atoms with Crippen LogP contribution >= 0.6 is 23.2 Å². The number of nitrogens with zero attached hydrogens (tertiary/aromatic N) is 4. The van der Waals surface area contributed by atoms with Crippen LogP contribution in [0.25, 0.3) is 44.5 Å². The van der Waals surface area contributed by atoms with E-state index in [9.17, 15) is 10.5 Å². The molecule has 2 aliphatic heterocycles. The van der Waals surface area contributed by atoms with Crippen LogP contribution < -0.4 is 26.2 Å². The second kappa shape index (κ2) is 18.5. The predicted molar refractivity (Wildman–Crippen MR) is 318 cm³/mol. The molecular weight excluding hydrogens is 954 g/mol. The van der Waals surface area contributed by atoms with Crippen LogP contribution in [-0.4, -0.2) is 6.71 Å². The van der Waals surface area contributed by atoms with Crippen LogP contribution in [-0.2, 0) is 16.2 Å². The number of benzene rings is 9. The molecular formula is C68H57BCl2N4. The highest BCUT2D eigenvalue weighted by Gasteiger charge is 2.46. The Morgan fingerprint density at radius 3 is 1.08 bits per heavy atom. The molecule has 0 bridgehead atoms. The number of halogens is 2. The van der Waals surface area contributed by atoms with Gasteiger partial charge in [-0.3, -0.25) is 0 Å². The van der Waals surface area contributed by atoms with Gasteiger partial charge in [-0.2, -0.15) is 10.5 Å². The lowest BCUT2D eigenvalue weighted by Crippen LogP contribution is -2.61. The Morgan fingerprint density at radius 1 is 0.373 bits per heavy atom. The molecule has 0 fully saturated rings. The van der Waals surface area contributed by atoms with Gasteiger partial charge in [0.15, 0.2) is 0 Å². The Morgan fingerprint density at radius 2 is 0.720 bits per heavy atom. The van der Waals surface area contributed by atoms with Gasteiger partial charge in [0, 0.05) is 55.0 Å². The zero-order chi connectivity index (χ0) is 52.7. The Bertz CT molecular complexity index is 3600. The fraction of sp³-hybridized carbons (Fsp3) is 0.176. The van der Waals surface area contributed by atoms with Crippen molar-refractivity contribution in [2.45, 2.75) is 78.6 Å². The van der Waals surface area contributed by atoms with Crippen molar-refractivity contribution >= 4 is 80.4 Å². The van der Waals surface area contributed by atoms with Gasteiger partial charge >= 0.3 is 0 Å². The molecule has 4 nitrogen and oxygen atoms in total. The molecule has 2 aliphatic rings. The van der Waals surface area contributed by atoms with Gasteiger partial charge in [0.1, 0.15) is 0 Å². The summed E-state index contributed by atoms with van der Waals surface area (Å²) in [6.45, 7) is 20.2. The third-order valence-corrected chi connectivity index (χ3v) is 15.5. The summed E-state index contributed by atoms with van der Waals surface area (Å²) in [6, 6.07) is 69.2. The van der Waals surface area contributed by atoms with Crippen molar-refractivity contribution < 1.29 is 0 Å². The number of hydrogen-bond acceptors (Lipinski definition) is 4. The molecule has 0 saturated heterocycles. The summed E-state index contributed by atoms with van der Waals surface area (Å²) in [5, 5.41) is 22.1. The van der Waals surface area contributed by atoms with Gasteiger partial charge in [-0.15, -0.1) is 0 Å². The number of hydrogen-bond donors (Lipinski definition) is 0. The van der Waals surface area contributed by atoms with E-state index in [4.69, 9.17) is 23.2 Å². The minimum atomic E-state index is -0.327. The fourth-order valence-electron chi connectivity index (χ4n) is 11.1. The summed E-state index contributed by atoms with van der Waals surface area (Å²) in [5.74, 6) is 0. The molecule has 366 valence electrons. The van der Waals surface area contributed by atoms with E-state index in [1.54, 1.807) is 0 Å². The van der Waals surface area contributed by atoms with Gasteiger partial charge in [-0.1, -0.05) is 183 Å². The fourth-order valence-corrected chi connectivity index (χ4v) is 11.4. The van der Waals surface area contributed by atoms with Crippen molar-refractivity contribution in [3.05, 3.63) is 220 Å². The highest BCUT2D eigenvalue weighted by Crippen LogP contribution is 2.55. The molecule has 2 heterocycles. The molecule has 9 aromatic carbocycles. The summed E-state index contributed by atoms with van der Waals surface area (Å²) < 4.78 is 0. The van der Waals surface area contributed by atoms with Crippen molar-refractivity contribution in [2.24, 2.45) is 0 Å². The summed E-state index contributed by atoms with van der Waals surface area (Å²) in [5.41, 5.74) is 21.3. The van der Waals surface area contributed by atoms with E-state index < -0.39 is 0 Å². The van der Waals surface area contributed by atoms with Crippen molar-refractivity contribution in [1.29, 1.82) is 10.5 Å². The summed E-state index contributed by atoms with van der Waals surface area (Å²) in [7, 11) is 0. The van der Waals surface area contributed by atoms with Crippen molar-refractivity contribution in [3.8, 4) is 56.6 Å². The molecule has 7 heteroatoms. The third-order valence-electron chi connectivity index (χ3n) is 15.0. The van der Waals surface area contributed by atoms with E-state index in [1.165, 1.54) is 11.1 Å². The van der Waals surface area contributed by atoms with Crippen LogP contribution in [0.5, 0.6) is 0 Å². The minimum Gasteiger partial charge on any atom is -0.310 e. The Labute approximate surface area is 453 Å². The lowest BCUT2D eigenvalue weighted by atomic mass is 9.33. The van der Waals surface area contributed by atoms with Crippen LogP contribution in [0.1, 0.15) is 90.1 Å². The van der Waals surface area contributed by atoms with E-state index in [2.05, 4.69) is 218 Å². The van der Waals surface area contributed by atoms with Crippen molar-refractivity contribution in [1.82, 2.24) is 0 Å². The van der Waals surface area contributed by atoms with Crippen LogP contribution in [0.15, 0.2) is 182 Å². The maximum atomic E-state index is 10.4. The summed E-state index contributed by atoms with van der Waals surface area (Å²) in [4.78, 5) is 4.96. The molecule has 0 N–H and O–H groups in total. The summed E-state index contributed by atoms with van der Waals surface area (Å²) in [6.07, 6.45) is 0. The largest absolute Gasteiger partial charge is 0.310 e. The second-order valence-electron chi connectivity index (χ2n) is 23.1. The van der Waals surface area contributed by atoms with Gasteiger partial charge in [-0.05, 0) is 157 Å². The molecule has 0 saturated carbocycles. The van der Waals surface area contributed by atoms with Crippen LogP contribution in [0.4, 0.5) is 34.1 Å². The average molecular weight is 1010 g/mol. The molecule has 11 rings (SSSR count). The number of rotatable bonds is 6. The van der Waals surface area contributed by atoms with Gasteiger partial charge in [0.05, 0.1) is 34.6 Å². The monoisotopic (exact) mass is 1010 g/mol. The Balaban J connectivity index is 1.35. The standard InChI is InChI=1S/C68H57BCl2N4/c1-66(2,3)48-32-53(44-20-12-10-13-21-44)64(55(34-48)46-24-16-18-42(30-46)40-72)74-59-38-51(70)26-28-57(59)69-58-29-27-52(71)39-60(58)75(62-37-50(68(7,8)9)36-61(74)63(62)69)65-54(45-22-14-11-15-23-45)33-49(67(4,5)6)35-56(65)47-25-17-19-43(31-47)41-73/h10-39H,1-9H3. The highest BCUT2D eigenvalue weighted by atomic mass is 35.5. The van der Waals surface area contributed by atoms with Crippen LogP contribution in [0.3, 0.4) is 0 Å². The smallest absolute Gasteiger partial charge is 0.252 e. The Hall–Kier alpha value is -7.80. The molecule has 0 spiro atoms. The molecule has 0 unspecified atom stereocenters. The number of fused-ring (bicyclic) bond motifs is 4. The first-order valence-corrected chi connectivity index (χ1v) is 26.4. The van der Waals surface area contributed by atoms with E-state index in [1.807, 2.05) is 48.5 Å². The minimum absolute atomic E-state index is 0.224. The number of nitriles is 2. The molecule has 9 aromatic rings. The lowest BCUT2D eigenvalue weighted by Gasteiger charge is -2.46. The normalized spacial score (nSPS) is 12.9. The van der Waals surface area contributed by atoms with Crippen molar-refractivity contribution in [3.63, 3.8) is 0 Å². The summed E-state index contributed by atoms with van der Waals surface area (Å²) >= 11 is 14.5. The zero-order valence-corrected chi connectivity index (χ0v) is 45.5. The van der Waals surface area contributed by atoms with Gasteiger partial charge in [-0.25, -0.2) is 0 Å². The first kappa shape index (κ1) is 49.4. The molecule has 0 atom stereocenters. The molecule has 0 radical (unpaired) electrons. The number of anilines is 6. The zero-order valence-electron chi connectivity index (χ0n) is 43.9. The van der Waals surface area contributed by atoms with E-state index >= 15 is 0 Å². The van der Waals surface area contributed by atoms with E-state index in [0.717, 1.165) is 101 Å². The first-order valence-electron chi connectivity index (χ1n) is 25.7. The molecule has 0 amide bonds. The third kappa shape index (κ3) is 8.79. The first-order chi connectivity index (χ1) is 35.8. The van der Waals surface area contributed by atoms with E-state index in [-0.39, 0.29) is 23.0 Å². The van der Waals surface area contributed by atoms with Gasteiger partial charge < -0.3 is 9.80 Å². The average Bonchev–Trinajstić information content (AvgIpc) is 3.43. The maximum Gasteiger partial charge on any atom is 0.252 e. The van der Waals surface area contributed by atoms with Gasteiger partial charge in [0.25, 0.3) is 6.71 Å². The molecule has 75 heavy (non-hydrogen) atoms. The van der Waals surface area contributed by atoms with Crippen LogP contribution in [0, 0.1) is 22.7 Å². The topological polar surface area (TPSA) is 54.1 Å². The molecule has 0 aliphatic carbocycles. The lowest BCUT2D eigenvalue weighted by molar-refractivity contribution is 0.590. The SMILES string of the molecule is CC(C)(C)c1cc(-c2ccccc2)c(N2c3cc(Cl)ccc3B3c4ccc(Cl)cc4N(c4c(-c5ccccc5)cc(C(C)(C)C)cc4-c4cccc(C#N)c4)c4cc(C(C)(C)C)cc2c43)c(-c2cccc(C#N)c2)c1. The Kier molecular flexibility index (Phi) is 12.2. The van der Waals surface area contributed by atoms with Crippen molar-refractivity contribution in [2.75, 3.05) is 9.80 Å².